The van der Waals surface area contributed by atoms with E-state index in [9.17, 15) is 8.78 Å². The van der Waals surface area contributed by atoms with Crippen molar-refractivity contribution in [2.75, 3.05) is 0 Å². The molecular formula is C10H10Br2F2O. The molecule has 1 nitrogen and oxygen atoms in total. The van der Waals surface area contributed by atoms with Crippen molar-refractivity contribution in [3.05, 3.63) is 46.3 Å². The molecule has 0 heterocycles. The van der Waals surface area contributed by atoms with Crippen LogP contribution in [0.25, 0.3) is 0 Å². The van der Waals surface area contributed by atoms with Crippen molar-refractivity contribution in [1.82, 2.24) is 0 Å². The molecule has 84 valence electrons. The zero-order chi connectivity index (χ0) is 11.8. The topological polar surface area (TPSA) is 9.23 Å². The summed E-state index contributed by atoms with van der Waals surface area (Å²) in [6.07, 6.45) is 3.23. The van der Waals surface area contributed by atoms with Crippen LogP contribution in [0.1, 0.15) is 12.8 Å². The van der Waals surface area contributed by atoms with Crippen molar-refractivity contribution < 1.29 is 13.5 Å². The SMILES string of the molecule is C=CCC(OC(CC=C)=C(F)Br)=C(F)Br. The number of allylic oxidation sites excluding steroid dienone is 2. The smallest absolute Gasteiger partial charge is 0.204 e. The Labute approximate surface area is 104 Å². The summed E-state index contributed by atoms with van der Waals surface area (Å²) in [4.78, 5) is 0. The standard InChI is InChI=1S/C10H10Br2F2O/c1-3-5-7(9(11)13)15-8(6-4-2)10(12)14/h3-4H,1-2,5-6H2. The van der Waals surface area contributed by atoms with Gasteiger partial charge in [0.15, 0.2) is 11.5 Å². The van der Waals surface area contributed by atoms with Crippen LogP contribution in [0.2, 0.25) is 0 Å². The molecule has 0 aliphatic carbocycles. The zero-order valence-electron chi connectivity index (χ0n) is 7.90. The van der Waals surface area contributed by atoms with Crippen LogP contribution in [0.15, 0.2) is 46.3 Å². The molecular weight excluding hydrogens is 334 g/mol. The van der Waals surface area contributed by atoms with Gasteiger partial charge in [0.05, 0.1) is 0 Å². The van der Waals surface area contributed by atoms with Crippen molar-refractivity contribution in [2.45, 2.75) is 12.8 Å². The van der Waals surface area contributed by atoms with Crippen LogP contribution in [0.3, 0.4) is 0 Å². The van der Waals surface area contributed by atoms with Gasteiger partial charge in [-0.1, -0.05) is 12.2 Å². The summed E-state index contributed by atoms with van der Waals surface area (Å²) in [5.74, 6) is -0.0621. The summed E-state index contributed by atoms with van der Waals surface area (Å²) in [5.41, 5.74) is 0. The molecule has 0 saturated heterocycles. The molecule has 0 fully saturated rings. The first-order valence-corrected chi connectivity index (χ1v) is 5.59. The van der Waals surface area contributed by atoms with Gasteiger partial charge in [-0.2, -0.15) is 8.78 Å². The minimum Gasteiger partial charge on any atom is -0.458 e. The van der Waals surface area contributed by atoms with Crippen LogP contribution in [0.5, 0.6) is 0 Å². The average Bonchev–Trinajstić information content (AvgIpc) is 2.15. The zero-order valence-corrected chi connectivity index (χ0v) is 11.1. The fraction of sp³-hybridized carbons (Fsp3) is 0.200. The molecule has 0 atom stereocenters. The number of ether oxygens (including phenoxy) is 1. The lowest BCUT2D eigenvalue weighted by atomic mass is 10.3. The van der Waals surface area contributed by atoms with Crippen molar-refractivity contribution >= 4 is 31.9 Å². The van der Waals surface area contributed by atoms with E-state index in [1.807, 2.05) is 0 Å². The first-order chi connectivity index (χ1) is 7.02. The molecule has 0 aromatic carbocycles. The van der Waals surface area contributed by atoms with Gasteiger partial charge in [-0.15, -0.1) is 13.2 Å². The van der Waals surface area contributed by atoms with Crippen LogP contribution in [-0.2, 0) is 4.74 Å². The summed E-state index contributed by atoms with van der Waals surface area (Å²) >= 11 is 5.25. The van der Waals surface area contributed by atoms with Gasteiger partial charge in [0.25, 0.3) is 0 Å². The number of hydrogen-bond acceptors (Lipinski definition) is 1. The molecule has 0 amide bonds. The van der Waals surface area contributed by atoms with Gasteiger partial charge in [-0.25, -0.2) is 0 Å². The fourth-order valence-corrected chi connectivity index (χ4v) is 1.21. The van der Waals surface area contributed by atoms with E-state index in [1.165, 1.54) is 12.2 Å². The maximum atomic E-state index is 12.9. The Hall–Kier alpha value is -0.420. The van der Waals surface area contributed by atoms with Crippen LogP contribution in [0, 0.1) is 0 Å². The highest BCUT2D eigenvalue weighted by molar-refractivity contribution is 9.11. The van der Waals surface area contributed by atoms with Gasteiger partial charge in [0.1, 0.15) is 0 Å². The second-order valence-electron chi connectivity index (χ2n) is 2.45. The molecule has 0 aliphatic heterocycles. The Bertz CT molecular complexity index is 271. The maximum absolute atomic E-state index is 12.9. The van der Waals surface area contributed by atoms with Crippen molar-refractivity contribution in [1.29, 1.82) is 0 Å². The van der Waals surface area contributed by atoms with E-state index in [4.69, 9.17) is 4.74 Å². The minimum absolute atomic E-state index is 0.0311. The van der Waals surface area contributed by atoms with E-state index in [2.05, 4.69) is 45.0 Å². The number of halogens is 4. The highest BCUT2D eigenvalue weighted by Crippen LogP contribution is 2.26. The summed E-state index contributed by atoms with van der Waals surface area (Å²) < 4.78 is 29.4. The van der Waals surface area contributed by atoms with Crippen molar-refractivity contribution in [2.24, 2.45) is 0 Å². The highest BCUT2D eigenvalue weighted by atomic mass is 79.9. The molecule has 0 unspecified atom stereocenters. The Morgan fingerprint density at radius 2 is 1.33 bits per heavy atom. The lowest BCUT2D eigenvalue weighted by Gasteiger charge is -2.10. The molecule has 0 aliphatic rings. The van der Waals surface area contributed by atoms with Gasteiger partial charge in [-0.05, 0) is 31.9 Å². The second-order valence-corrected chi connectivity index (χ2v) is 3.85. The molecule has 0 bridgehead atoms. The number of hydrogen-bond donors (Lipinski definition) is 0. The highest BCUT2D eigenvalue weighted by Gasteiger charge is 2.10. The maximum Gasteiger partial charge on any atom is 0.204 e. The largest absolute Gasteiger partial charge is 0.458 e. The Morgan fingerprint density at radius 3 is 1.53 bits per heavy atom. The molecule has 5 heteroatoms. The fourth-order valence-electron chi connectivity index (χ4n) is 0.726. The summed E-state index contributed by atoms with van der Waals surface area (Å²) in [7, 11) is 0. The van der Waals surface area contributed by atoms with Crippen molar-refractivity contribution in [3.8, 4) is 0 Å². The van der Waals surface area contributed by atoms with Crippen LogP contribution in [-0.4, -0.2) is 0 Å². The third kappa shape index (κ3) is 5.89. The lowest BCUT2D eigenvalue weighted by molar-refractivity contribution is 0.272. The van der Waals surface area contributed by atoms with Gasteiger partial charge in [0, 0.05) is 12.8 Å². The molecule has 0 aromatic rings. The Balaban J connectivity index is 4.79. The van der Waals surface area contributed by atoms with E-state index in [0.29, 0.717) is 0 Å². The lowest BCUT2D eigenvalue weighted by Crippen LogP contribution is -1.94. The van der Waals surface area contributed by atoms with E-state index in [1.54, 1.807) is 0 Å². The van der Waals surface area contributed by atoms with Crippen LogP contribution < -0.4 is 0 Å². The van der Waals surface area contributed by atoms with Crippen LogP contribution >= 0.6 is 31.9 Å². The molecule has 0 N–H and O–H groups in total. The molecule has 0 aromatic heterocycles. The van der Waals surface area contributed by atoms with Gasteiger partial charge in [-0.3, -0.25) is 0 Å². The van der Waals surface area contributed by atoms with Crippen LogP contribution in [0.4, 0.5) is 8.78 Å². The van der Waals surface area contributed by atoms with Gasteiger partial charge < -0.3 is 4.74 Å². The molecule has 0 rings (SSSR count). The number of rotatable bonds is 6. The first kappa shape index (κ1) is 14.6. The summed E-state index contributed by atoms with van der Waals surface area (Å²) in [6, 6.07) is 0. The minimum atomic E-state index is -0.683. The first-order valence-electron chi connectivity index (χ1n) is 4.00. The third-order valence-electron chi connectivity index (χ3n) is 1.33. The quantitative estimate of drug-likeness (QED) is 0.474. The average molecular weight is 344 g/mol. The van der Waals surface area contributed by atoms with Gasteiger partial charge >= 0.3 is 0 Å². The van der Waals surface area contributed by atoms with E-state index < -0.39 is 9.47 Å². The predicted molar refractivity (Wildman–Crippen MR) is 64.8 cm³/mol. The van der Waals surface area contributed by atoms with Crippen molar-refractivity contribution in [3.63, 3.8) is 0 Å². The second kappa shape index (κ2) is 7.82. The predicted octanol–water partition coefficient (Wildman–Crippen LogP) is 5.22. The molecule has 0 saturated carbocycles. The van der Waals surface area contributed by atoms with E-state index >= 15 is 0 Å². The van der Waals surface area contributed by atoms with E-state index in [0.717, 1.165) is 0 Å². The van der Waals surface area contributed by atoms with Gasteiger partial charge in [0.2, 0.25) is 9.47 Å². The molecule has 15 heavy (non-hydrogen) atoms. The molecule has 0 spiro atoms. The molecule has 0 radical (unpaired) electrons. The van der Waals surface area contributed by atoms with E-state index in [-0.39, 0.29) is 24.4 Å². The third-order valence-corrected chi connectivity index (χ3v) is 2.21. The Kier molecular flexibility index (Phi) is 7.60. The summed E-state index contributed by atoms with van der Waals surface area (Å²) in [5, 5.41) is 0. The normalized spacial score (nSPS) is 13.9. The monoisotopic (exact) mass is 342 g/mol. The summed E-state index contributed by atoms with van der Waals surface area (Å²) in [6.45, 7) is 6.88. The Morgan fingerprint density at radius 1 is 1.00 bits per heavy atom.